The van der Waals surface area contributed by atoms with Crippen molar-refractivity contribution >= 4 is 20.5 Å². The predicted molar refractivity (Wildman–Crippen MR) is 27.2 cm³/mol. The average molecular weight is 126 g/mol. The fourth-order valence-electron chi connectivity index (χ4n) is 0. The SMILES string of the molecule is N.O=S(=O)(O)O.[Be+2].[H-].[H-]. The van der Waals surface area contributed by atoms with Crippen LogP contribution in [0.5, 0.6) is 0 Å². The van der Waals surface area contributed by atoms with Gasteiger partial charge >= 0.3 is 20.5 Å². The molecular weight excluding hydrogens is 119 g/mol. The zero-order chi connectivity index (χ0) is 4.50. The number of rotatable bonds is 0. The fourth-order valence-corrected chi connectivity index (χ4v) is 0. The predicted octanol–water partition coefficient (Wildman–Crippen LogP) is -0.647. The van der Waals surface area contributed by atoms with E-state index in [0.717, 1.165) is 0 Å². The van der Waals surface area contributed by atoms with Crippen LogP contribution in [0.15, 0.2) is 0 Å². The van der Waals surface area contributed by atoms with Crippen LogP contribution in [0.2, 0.25) is 0 Å². The van der Waals surface area contributed by atoms with Crippen LogP contribution in [-0.4, -0.2) is 27.6 Å². The molecule has 5 N–H and O–H groups in total. The van der Waals surface area contributed by atoms with Crippen LogP contribution in [0.4, 0.5) is 0 Å². The van der Waals surface area contributed by atoms with E-state index in [-0.39, 0.29) is 19.1 Å². The average Bonchev–Trinajstić information content (AvgIpc) is 0.722. The van der Waals surface area contributed by atoms with E-state index < -0.39 is 10.4 Å². The second kappa shape index (κ2) is 4.17. The third-order valence-corrected chi connectivity index (χ3v) is 0. The Hall–Kier alpha value is -0.00117. The molecule has 0 aromatic carbocycles. The summed E-state index contributed by atoms with van der Waals surface area (Å²) < 4.78 is 31.6. The Labute approximate surface area is 48.1 Å². The van der Waals surface area contributed by atoms with Crippen molar-refractivity contribution in [3.8, 4) is 0 Å². The molecular formula is H7BeNO4S. The van der Waals surface area contributed by atoms with Crippen LogP contribution in [0.1, 0.15) is 2.85 Å². The maximum absolute atomic E-state index is 8.74. The van der Waals surface area contributed by atoms with Crippen molar-refractivity contribution in [1.29, 1.82) is 0 Å². The fraction of sp³-hybridized carbons (Fsp3) is 0. The van der Waals surface area contributed by atoms with E-state index in [9.17, 15) is 0 Å². The largest absolute Gasteiger partial charge is 2.00 e. The van der Waals surface area contributed by atoms with Gasteiger partial charge in [-0.3, -0.25) is 9.11 Å². The van der Waals surface area contributed by atoms with Gasteiger partial charge in [0.25, 0.3) is 0 Å². The molecule has 0 aliphatic carbocycles. The Morgan fingerprint density at radius 3 is 1.29 bits per heavy atom. The third kappa shape index (κ3) is 70200000. The van der Waals surface area contributed by atoms with Gasteiger partial charge in [0.05, 0.1) is 0 Å². The van der Waals surface area contributed by atoms with Gasteiger partial charge < -0.3 is 9.00 Å². The standard InChI is InChI=1S/Be.H3N.H2O4S.2H/c;;1-5(2,3)4;;/h;1H3;(H2,1,2,3,4);;/q+2;;;2*-1. The summed E-state index contributed by atoms with van der Waals surface area (Å²) in [5, 5.41) is 0. The molecule has 7 heteroatoms. The van der Waals surface area contributed by atoms with Gasteiger partial charge in [-0.25, -0.2) is 0 Å². The first-order valence-electron chi connectivity index (χ1n) is 0.698. The Balaban J connectivity index is -0.0000000133. The minimum atomic E-state index is -4.67. The van der Waals surface area contributed by atoms with E-state index in [1.165, 1.54) is 0 Å². The van der Waals surface area contributed by atoms with Gasteiger partial charge in [0.1, 0.15) is 0 Å². The van der Waals surface area contributed by atoms with Crippen LogP contribution in [0.3, 0.4) is 0 Å². The summed E-state index contributed by atoms with van der Waals surface area (Å²) in [5.74, 6) is 0. The first kappa shape index (κ1) is 15.8. The van der Waals surface area contributed by atoms with E-state index in [2.05, 4.69) is 0 Å². The molecule has 0 radical (unpaired) electrons. The second-order valence-corrected chi connectivity index (χ2v) is 1.34. The molecule has 0 aromatic heterocycles. The quantitative estimate of drug-likeness (QED) is 0.295. The summed E-state index contributed by atoms with van der Waals surface area (Å²) in [6.07, 6.45) is 0. The molecule has 0 unspecified atom stereocenters. The van der Waals surface area contributed by atoms with Crippen molar-refractivity contribution in [2.45, 2.75) is 0 Å². The maximum Gasteiger partial charge on any atom is 2.00 e. The molecule has 0 heterocycles. The van der Waals surface area contributed by atoms with E-state index >= 15 is 0 Å². The molecule has 0 atom stereocenters. The van der Waals surface area contributed by atoms with Gasteiger partial charge in [-0.15, -0.1) is 0 Å². The summed E-state index contributed by atoms with van der Waals surface area (Å²) in [5.41, 5.74) is 0. The molecule has 7 heavy (non-hydrogen) atoms. The molecule has 0 rings (SSSR count). The molecule has 5 nitrogen and oxygen atoms in total. The second-order valence-electron chi connectivity index (χ2n) is 0.448. The van der Waals surface area contributed by atoms with Crippen molar-refractivity contribution in [2.24, 2.45) is 0 Å². The van der Waals surface area contributed by atoms with Gasteiger partial charge in [0.2, 0.25) is 0 Å². The Morgan fingerprint density at radius 1 is 1.29 bits per heavy atom. The molecule has 0 saturated carbocycles. The van der Waals surface area contributed by atoms with Gasteiger partial charge in [0.15, 0.2) is 0 Å². The monoisotopic (exact) mass is 126 g/mol. The van der Waals surface area contributed by atoms with Crippen molar-refractivity contribution in [2.75, 3.05) is 0 Å². The summed E-state index contributed by atoms with van der Waals surface area (Å²) in [6.45, 7) is 0. The Morgan fingerprint density at radius 2 is 1.29 bits per heavy atom. The smallest absolute Gasteiger partial charge is 1.00 e. The van der Waals surface area contributed by atoms with Gasteiger partial charge in [-0.2, -0.15) is 8.42 Å². The van der Waals surface area contributed by atoms with Crippen LogP contribution in [0.25, 0.3) is 0 Å². The topological polar surface area (TPSA) is 110 Å². The zero-order valence-electron chi connectivity index (χ0n) is 5.53. The van der Waals surface area contributed by atoms with Crippen LogP contribution in [0, 0.1) is 0 Å². The van der Waals surface area contributed by atoms with Gasteiger partial charge in [0, 0.05) is 0 Å². The maximum atomic E-state index is 8.74. The molecule has 0 saturated heterocycles. The normalized spacial score (nSPS) is 8.29. The molecule has 0 amide bonds. The third-order valence-electron chi connectivity index (χ3n) is 0. The van der Waals surface area contributed by atoms with Crippen LogP contribution in [-0.2, 0) is 10.4 Å². The number of hydrogen-bond donors (Lipinski definition) is 3. The Bertz CT molecular complexity index is 102. The molecule has 0 aromatic rings. The first-order valence-corrected chi connectivity index (χ1v) is 2.10. The molecule has 0 aliphatic heterocycles. The first-order chi connectivity index (χ1) is 2.00. The van der Waals surface area contributed by atoms with Crippen molar-refractivity contribution in [1.82, 2.24) is 6.15 Å². The summed E-state index contributed by atoms with van der Waals surface area (Å²) >= 11 is 0. The number of hydrogen-bond acceptors (Lipinski definition) is 3. The van der Waals surface area contributed by atoms with E-state index in [4.69, 9.17) is 17.5 Å². The molecule has 0 bridgehead atoms. The minimum Gasteiger partial charge on any atom is -1.00 e. The zero-order valence-corrected chi connectivity index (χ0v) is 4.35. The van der Waals surface area contributed by atoms with Crippen LogP contribution < -0.4 is 6.15 Å². The van der Waals surface area contributed by atoms with Gasteiger partial charge in [-0.05, 0) is 0 Å². The van der Waals surface area contributed by atoms with E-state index in [1.54, 1.807) is 0 Å². The van der Waals surface area contributed by atoms with Crippen LogP contribution >= 0.6 is 0 Å². The van der Waals surface area contributed by atoms with E-state index in [0.29, 0.717) is 0 Å². The molecule has 0 aliphatic rings. The molecule has 44 valence electrons. The summed E-state index contributed by atoms with van der Waals surface area (Å²) in [7, 11) is -4.67. The van der Waals surface area contributed by atoms with Crippen molar-refractivity contribution in [3.63, 3.8) is 0 Å². The van der Waals surface area contributed by atoms with Crippen molar-refractivity contribution < 1.29 is 20.4 Å². The van der Waals surface area contributed by atoms with E-state index in [1.807, 2.05) is 0 Å². The summed E-state index contributed by atoms with van der Waals surface area (Å²) in [4.78, 5) is 0. The molecule has 0 spiro atoms. The summed E-state index contributed by atoms with van der Waals surface area (Å²) in [6, 6.07) is 0. The minimum absolute atomic E-state index is 0. The van der Waals surface area contributed by atoms with Crippen molar-refractivity contribution in [3.05, 3.63) is 0 Å². The molecule has 0 fully saturated rings. The Kier molecular flexibility index (Phi) is 9.37. The van der Waals surface area contributed by atoms with Gasteiger partial charge in [-0.1, -0.05) is 0 Å².